The number of nitrogens with one attached hydrogen (secondary N) is 3. The van der Waals surface area contributed by atoms with Crippen LogP contribution in [0.5, 0.6) is 0 Å². The maximum atomic E-state index is 14.3. The minimum atomic E-state index is -0.715. The first-order valence-corrected chi connectivity index (χ1v) is 8.80. The summed E-state index contributed by atoms with van der Waals surface area (Å²) in [6.45, 7) is 1.96. The number of likely N-dealkylation sites (N-methyl/N-ethyl adjacent to an activating group) is 1. The van der Waals surface area contributed by atoms with Crippen LogP contribution in [0.4, 0.5) is 14.6 Å². The van der Waals surface area contributed by atoms with Gasteiger partial charge in [0.05, 0.1) is 17.1 Å². The molecule has 0 saturated carbocycles. The van der Waals surface area contributed by atoms with Crippen molar-refractivity contribution in [3.05, 3.63) is 65.0 Å². The van der Waals surface area contributed by atoms with Crippen molar-refractivity contribution >= 4 is 22.6 Å². The second-order valence-corrected chi connectivity index (χ2v) is 6.29. The molecule has 0 saturated heterocycles. The number of carbonyl (C=O) groups excluding carboxylic acids is 1. The molecule has 28 heavy (non-hydrogen) atoms. The van der Waals surface area contributed by atoms with Crippen LogP contribution in [-0.4, -0.2) is 36.5 Å². The largest absolute Gasteiger partial charge is 0.361 e. The molecule has 0 fully saturated rings. The van der Waals surface area contributed by atoms with Crippen LogP contribution in [0.3, 0.4) is 0 Å². The Morgan fingerprint density at radius 3 is 2.39 bits per heavy atom. The van der Waals surface area contributed by atoms with Gasteiger partial charge in [-0.3, -0.25) is 4.79 Å². The van der Waals surface area contributed by atoms with E-state index in [2.05, 4.69) is 25.9 Å². The molecule has 3 rings (SSSR count). The number of benzene rings is 2. The highest BCUT2D eigenvalue weighted by molar-refractivity contribution is 6.07. The Morgan fingerprint density at radius 2 is 1.75 bits per heavy atom. The monoisotopic (exact) mass is 385 g/mol. The van der Waals surface area contributed by atoms with Crippen LogP contribution in [0, 0.1) is 18.6 Å². The smallest absolute Gasteiger partial charge is 0.253 e. The molecular formula is C20H21F2N5O. The predicted octanol–water partition coefficient (Wildman–Crippen LogP) is 2.95. The highest BCUT2D eigenvalue weighted by atomic mass is 19.1. The molecule has 3 aromatic rings. The third-order valence-electron chi connectivity index (χ3n) is 4.38. The Hall–Kier alpha value is -3.13. The first-order chi connectivity index (χ1) is 13.5. The summed E-state index contributed by atoms with van der Waals surface area (Å²) < 4.78 is 28.7. The summed E-state index contributed by atoms with van der Waals surface area (Å²) in [5.74, 6) is -0.732. The van der Waals surface area contributed by atoms with E-state index < -0.39 is 17.7 Å². The molecule has 1 unspecified atom stereocenters. The molecule has 0 aliphatic heterocycles. The Morgan fingerprint density at radius 1 is 1.07 bits per heavy atom. The van der Waals surface area contributed by atoms with Crippen molar-refractivity contribution in [2.75, 3.05) is 26.0 Å². The fraction of sp³-hybridized carbons (Fsp3) is 0.250. The van der Waals surface area contributed by atoms with E-state index in [1.807, 2.05) is 0 Å². The lowest BCUT2D eigenvalue weighted by atomic mass is 10.0. The quantitative estimate of drug-likeness (QED) is 0.608. The zero-order valence-corrected chi connectivity index (χ0v) is 15.8. The van der Waals surface area contributed by atoms with Gasteiger partial charge in [0.25, 0.3) is 5.91 Å². The summed E-state index contributed by atoms with van der Waals surface area (Å²) in [4.78, 5) is 21.0. The van der Waals surface area contributed by atoms with Gasteiger partial charge in [-0.15, -0.1) is 0 Å². The highest BCUT2D eigenvalue weighted by Crippen LogP contribution is 2.29. The molecule has 3 N–H and O–H groups in total. The number of aromatic nitrogens is 2. The molecule has 0 spiro atoms. The number of anilines is 1. The minimum absolute atomic E-state index is 0.0799. The van der Waals surface area contributed by atoms with Crippen LogP contribution in [0.15, 0.2) is 36.4 Å². The summed E-state index contributed by atoms with van der Waals surface area (Å²) in [7, 11) is 3.23. The van der Waals surface area contributed by atoms with Gasteiger partial charge in [-0.2, -0.15) is 0 Å². The Kier molecular flexibility index (Phi) is 5.79. The lowest BCUT2D eigenvalue weighted by Crippen LogP contribution is -2.26. The molecular weight excluding hydrogens is 364 g/mol. The second kappa shape index (κ2) is 8.26. The highest BCUT2D eigenvalue weighted by Gasteiger charge is 2.22. The number of halogens is 2. The van der Waals surface area contributed by atoms with Crippen LogP contribution in [0.25, 0.3) is 10.9 Å². The summed E-state index contributed by atoms with van der Waals surface area (Å²) in [5.41, 5.74) is 0.786. The number of nitrogens with zero attached hydrogens (tertiary/aromatic N) is 2. The van der Waals surface area contributed by atoms with E-state index in [0.29, 0.717) is 28.1 Å². The van der Waals surface area contributed by atoms with Crippen molar-refractivity contribution in [2.45, 2.75) is 13.0 Å². The standard InChI is InChI=1S/C20H21F2N5O/c1-11-25-18-12(6-4-7-13(18)20(28)24-3)19(26-11)27-16(10-23-2)17-14(21)8-5-9-15(17)22/h4-9,16,23H,10H2,1-3H3,(H,24,28)(H,25,26,27). The third kappa shape index (κ3) is 3.77. The average Bonchev–Trinajstić information content (AvgIpc) is 2.67. The van der Waals surface area contributed by atoms with Crippen molar-refractivity contribution < 1.29 is 13.6 Å². The van der Waals surface area contributed by atoms with Gasteiger partial charge in [0.2, 0.25) is 0 Å². The van der Waals surface area contributed by atoms with Gasteiger partial charge in [-0.25, -0.2) is 18.7 Å². The first kappa shape index (κ1) is 19.6. The fourth-order valence-corrected chi connectivity index (χ4v) is 3.13. The first-order valence-electron chi connectivity index (χ1n) is 8.80. The Bertz CT molecular complexity index is 1000. The van der Waals surface area contributed by atoms with Crippen molar-refractivity contribution in [1.29, 1.82) is 0 Å². The van der Waals surface area contributed by atoms with Crippen LogP contribution in [0.1, 0.15) is 27.8 Å². The molecule has 1 atom stereocenters. The Labute approximate surface area is 161 Å². The minimum Gasteiger partial charge on any atom is -0.361 e. The number of hydrogen-bond acceptors (Lipinski definition) is 5. The zero-order chi connectivity index (χ0) is 20.3. The molecule has 0 radical (unpaired) electrons. The van der Waals surface area contributed by atoms with E-state index in [1.165, 1.54) is 25.2 Å². The van der Waals surface area contributed by atoms with Gasteiger partial charge in [-0.1, -0.05) is 12.1 Å². The van der Waals surface area contributed by atoms with E-state index in [9.17, 15) is 13.6 Å². The lowest BCUT2D eigenvalue weighted by molar-refractivity contribution is 0.0964. The summed E-state index contributed by atoms with van der Waals surface area (Å²) in [5, 5.41) is 9.23. The third-order valence-corrected chi connectivity index (χ3v) is 4.38. The maximum absolute atomic E-state index is 14.3. The molecule has 6 nitrogen and oxygen atoms in total. The second-order valence-electron chi connectivity index (χ2n) is 6.29. The normalized spacial score (nSPS) is 12.0. The van der Waals surface area contributed by atoms with Crippen LogP contribution in [0.2, 0.25) is 0 Å². The molecule has 0 aliphatic rings. The fourth-order valence-electron chi connectivity index (χ4n) is 3.13. The number of hydrogen-bond donors (Lipinski definition) is 3. The van der Waals surface area contributed by atoms with Crippen LogP contribution < -0.4 is 16.0 Å². The summed E-state index contributed by atoms with van der Waals surface area (Å²) >= 11 is 0. The predicted molar refractivity (Wildman–Crippen MR) is 104 cm³/mol. The zero-order valence-electron chi connectivity index (χ0n) is 15.8. The number of carbonyl (C=O) groups is 1. The van der Waals surface area contributed by atoms with E-state index in [1.54, 1.807) is 32.2 Å². The van der Waals surface area contributed by atoms with E-state index in [4.69, 9.17) is 0 Å². The van der Waals surface area contributed by atoms with E-state index >= 15 is 0 Å². The van der Waals surface area contributed by atoms with Crippen LogP contribution in [-0.2, 0) is 0 Å². The number of rotatable bonds is 6. The molecule has 146 valence electrons. The van der Waals surface area contributed by atoms with Gasteiger partial charge in [-0.05, 0) is 38.2 Å². The molecule has 0 bridgehead atoms. The molecule has 8 heteroatoms. The van der Waals surface area contributed by atoms with Crippen LogP contribution >= 0.6 is 0 Å². The summed E-state index contributed by atoms with van der Waals surface area (Å²) in [6, 6.07) is 8.19. The van der Waals surface area contributed by atoms with Gasteiger partial charge in [0.15, 0.2) is 0 Å². The summed E-state index contributed by atoms with van der Waals surface area (Å²) in [6.07, 6.45) is 0. The van der Waals surface area contributed by atoms with Crippen molar-refractivity contribution in [1.82, 2.24) is 20.6 Å². The number of aryl methyl sites for hydroxylation is 1. The lowest BCUT2D eigenvalue weighted by Gasteiger charge is -2.22. The number of amides is 1. The molecule has 0 aliphatic carbocycles. The molecule has 1 heterocycles. The van der Waals surface area contributed by atoms with Gasteiger partial charge in [0, 0.05) is 24.5 Å². The Balaban J connectivity index is 2.13. The van der Waals surface area contributed by atoms with Gasteiger partial charge in [0.1, 0.15) is 23.3 Å². The average molecular weight is 385 g/mol. The maximum Gasteiger partial charge on any atom is 0.253 e. The SMILES string of the molecule is CNCC(Nc1nc(C)nc2c(C(=O)NC)cccc12)c1c(F)cccc1F. The molecule has 1 amide bonds. The van der Waals surface area contributed by atoms with E-state index in [0.717, 1.165) is 0 Å². The van der Waals surface area contributed by atoms with Gasteiger partial charge >= 0.3 is 0 Å². The number of fused-ring (bicyclic) bond motifs is 1. The number of para-hydroxylation sites is 1. The van der Waals surface area contributed by atoms with Crippen molar-refractivity contribution in [3.63, 3.8) is 0 Å². The van der Waals surface area contributed by atoms with Crippen molar-refractivity contribution in [3.8, 4) is 0 Å². The molecule has 2 aromatic carbocycles. The topological polar surface area (TPSA) is 78.9 Å². The van der Waals surface area contributed by atoms with Crippen molar-refractivity contribution in [2.24, 2.45) is 0 Å². The van der Waals surface area contributed by atoms with Gasteiger partial charge < -0.3 is 16.0 Å². The van der Waals surface area contributed by atoms with E-state index in [-0.39, 0.29) is 18.0 Å². The molecule has 1 aromatic heterocycles.